The second-order valence-corrected chi connectivity index (χ2v) is 6.07. The molecular weight excluding hydrogens is 356 g/mol. The van der Waals surface area contributed by atoms with Gasteiger partial charge >= 0.3 is 12.6 Å². The van der Waals surface area contributed by atoms with Crippen molar-refractivity contribution in [3.8, 4) is 5.75 Å². The maximum Gasteiger partial charge on any atom is 0.387 e. The molecule has 0 radical (unpaired) electrons. The van der Waals surface area contributed by atoms with E-state index in [-0.39, 0.29) is 23.7 Å². The highest BCUT2D eigenvalue weighted by atomic mass is 19.3. The number of anilines is 1. The summed E-state index contributed by atoms with van der Waals surface area (Å²) in [6.45, 7) is 0.110. The molecule has 3 rings (SSSR count). The van der Waals surface area contributed by atoms with Gasteiger partial charge in [0.1, 0.15) is 5.75 Å². The Morgan fingerprint density at radius 2 is 1.81 bits per heavy atom. The molecule has 6 nitrogen and oxygen atoms in total. The number of hydrogen-bond donors (Lipinski definition) is 2. The van der Waals surface area contributed by atoms with Crippen LogP contribution in [0.3, 0.4) is 0 Å². The van der Waals surface area contributed by atoms with Crippen LogP contribution in [-0.2, 0) is 0 Å². The summed E-state index contributed by atoms with van der Waals surface area (Å²) in [4.78, 5) is 25.7. The minimum Gasteiger partial charge on any atom is -0.435 e. The van der Waals surface area contributed by atoms with Gasteiger partial charge in [-0.2, -0.15) is 8.78 Å². The van der Waals surface area contributed by atoms with E-state index in [4.69, 9.17) is 0 Å². The molecule has 1 atom stereocenters. The molecular formula is C19H19F2N3O3. The largest absolute Gasteiger partial charge is 0.435 e. The molecule has 2 aromatic rings. The summed E-state index contributed by atoms with van der Waals surface area (Å²) in [6.07, 6.45) is 0. The van der Waals surface area contributed by atoms with Gasteiger partial charge in [0.25, 0.3) is 5.91 Å². The van der Waals surface area contributed by atoms with E-state index in [0.29, 0.717) is 18.7 Å². The van der Waals surface area contributed by atoms with Crippen molar-refractivity contribution in [3.63, 3.8) is 0 Å². The van der Waals surface area contributed by atoms with Crippen molar-refractivity contribution in [2.75, 3.05) is 18.0 Å². The van der Waals surface area contributed by atoms with Gasteiger partial charge in [-0.05, 0) is 48.9 Å². The summed E-state index contributed by atoms with van der Waals surface area (Å²) in [5.41, 5.74) is 1.95. The Morgan fingerprint density at radius 1 is 1.15 bits per heavy atom. The molecule has 1 saturated heterocycles. The van der Waals surface area contributed by atoms with Gasteiger partial charge in [-0.15, -0.1) is 0 Å². The normalized spacial score (nSPS) is 14.8. The minimum absolute atomic E-state index is 0.0637. The van der Waals surface area contributed by atoms with Crippen LogP contribution in [0.5, 0.6) is 5.75 Å². The van der Waals surface area contributed by atoms with Crippen LogP contribution in [0.4, 0.5) is 19.3 Å². The lowest BCUT2D eigenvalue weighted by Crippen LogP contribution is -2.28. The van der Waals surface area contributed by atoms with E-state index in [1.807, 2.05) is 0 Å². The van der Waals surface area contributed by atoms with Crippen LogP contribution >= 0.6 is 0 Å². The standard InChI is InChI=1S/C19H19F2N3O3/c1-12(13-4-8-16(9-5-13)27-18(20)21)23-17(25)14-2-6-15(7-3-14)24-11-10-22-19(24)26/h2-9,12,18H,10-11H2,1H3,(H,22,26)(H,23,25). The van der Waals surface area contributed by atoms with Gasteiger partial charge in [-0.1, -0.05) is 12.1 Å². The number of hydrogen-bond acceptors (Lipinski definition) is 3. The van der Waals surface area contributed by atoms with Gasteiger partial charge in [0.05, 0.1) is 6.04 Å². The molecule has 2 aromatic carbocycles. The van der Waals surface area contributed by atoms with E-state index >= 15 is 0 Å². The molecule has 0 bridgehead atoms. The summed E-state index contributed by atoms with van der Waals surface area (Å²) in [5, 5.41) is 5.57. The van der Waals surface area contributed by atoms with E-state index in [1.54, 1.807) is 48.2 Å². The van der Waals surface area contributed by atoms with Crippen molar-refractivity contribution in [3.05, 3.63) is 59.7 Å². The Hall–Kier alpha value is -3.16. The number of ether oxygens (including phenoxy) is 1. The summed E-state index contributed by atoms with van der Waals surface area (Å²) in [6, 6.07) is 12.4. The zero-order valence-electron chi connectivity index (χ0n) is 14.6. The molecule has 0 spiro atoms. The molecule has 1 unspecified atom stereocenters. The smallest absolute Gasteiger partial charge is 0.387 e. The number of benzene rings is 2. The first-order valence-electron chi connectivity index (χ1n) is 8.45. The van der Waals surface area contributed by atoms with Crippen LogP contribution < -0.4 is 20.3 Å². The van der Waals surface area contributed by atoms with Crippen molar-refractivity contribution in [1.29, 1.82) is 0 Å². The number of rotatable bonds is 6. The van der Waals surface area contributed by atoms with Gasteiger partial charge in [0.2, 0.25) is 0 Å². The highest BCUT2D eigenvalue weighted by molar-refractivity contribution is 5.97. The Kier molecular flexibility index (Phi) is 5.54. The van der Waals surface area contributed by atoms with Gasteiger partial charge in [0.15, 0.2) is 0 Å². The first-order chi connectivity index (χ1) is 12.9. The van der Waals surface area contributed by atoms with Gasteiger partial charge in [-0.25, -0.2) is 4.79 Å². The average Bonchev–Trinajstić information content (AvgIpc) is 3.08. The van der Waals surface area contributed by atoms with Gasteiger partial charge in [-0.3, -0.25) is 9.69 Å². The predicted molar refractivity (Wildman–Crippen MR) is 96.1 cm³/mol. The first-order valence-corrected chi connectivity index (χ1v) is 8.45. The minimum atomic E-state index is -2.87. The van der Waals surface area contributed by atoms with Crippen molar-refractivity contribution in [2.24, 2.45) is 0 Å². The third-order valence-corrected chi connectivity index (χ3v) is 4.25. The van der Waals surface area contributed by atoms with Crippen molar-refractivity contribution < 1.29 is 23.1 Å². The average molecular weight is 375 g/mol. The third kappa shape index (κ3) is 4.52. The van der Waals surface area contributed by atoms with Gasteiger partial charge in [0, 0.05) is 24.3 Å². The fraction of sp³-hybridized carbons (Fsp3) is 0.263. The van der Waals surface area contributed by atoms with Crippen molar-refractivity contribution in [2.45, 2.75) is 19.6 Å². The molecule has 1 heterocycles. The number of urea groups is 1. The zero-order valence-corrected chi connectivity index (χ0v) is 14.6. The highest BCUT2D eigenvalue weighted by Crippen LogP contribution is 2.21. The number of amides is 3. The molecule has 1 aliphatic heterocycles. The maximum atomic E-state index is 12.4. The predicted octanol–water partition coefficient (Wildman–Crippen LogP) is 3.31. The van der Waals surface area contributed by atoms with Crippen LogP contribution in [0.25, 0.3) is 0 Å². The summed E-state index contributed by atoms with van der Waals surface area (Å²) < 4.78 is 28.7. The monoisotopic (exact) mass is 375 g/mol. The van der Waals surface area contributed by atoms with Gasteiger partial charge < -0.3 is 15.4 Å². The van der Waals surface area contributed by atoms with Crippen LogP contribution in [0.15, 0.2) is 48.5 Å². The molecule has 1 fully saturated rings. The van der Waals surface area contributed by atoms with Crippen molar-refractivity contribution >= 4 is 17.6 Å². The van der Waals surface area contributed by atoms with E-state index in [0.717, 1.165) is 11.3 Å². The topological polar surface area (TPSA) is 70.7 Å². The van der Waals surface area contributed by atoms with E-state index < -0.39 is 6.61 Å². The first kappa shape index (κ1) is 18.6. The molecule has 0 aliphatic carbocycles. The van der Waals surface area contributed by atoms with Crippen LogP contribution in [0, 0.1) is 0 Å². The van der Waals surface area contributed by atoms with Crippen molar-refractivity contribution in [1.82, 2.24) is 10.6 Å². The van der Waals surface area contributed by atoms with E-state index in [1.165, 1.54) is 12.1 Å². The van der Waals surface area contributed by atoms with E-state index in [2.05, 4.69) is 15.4 Å². The number of halogens is 2. The molecule has 2 N–H and O–H groups in total. The molecule has 0 aromatic heterocycles. The molecule has 27 heavy (non-hydrogen) atoms. The number of nitrogens with one attached hydrogen (secondary N) is 2. The number of carbonyl (C=O) groups excluding carboxylic acids is 2. The Bertz CT molecular complexity index is 810. The maximum absolute atomic E-state index is 12.4. The van der Waals surface area contributed by atoms with Crippen LogP contribution in [0.1, 0.15) is 28.9 Å². The Morgan fingerprint density at radius 3 is 2.37 bits per heavy atom. The SMILES string of the molecule is CC(NC(=O)c1ccc(N2CCNC2=O)cc1)c1ccc(OC(F)F)cc1. The zero-order chi connectivity index (χ0) is 19.4. The lowest BCUT2D eigenvalue weighted by molar-refractivity contribution is -0.0498. The quantitative estimate of drug-likeness (QED) is 0.814. The molecule has 0 saturated carbocycles. The fourth-order valence-electron chi connectivity index (χ4n) is 2.81. The van der Waals surface area contributed by atoms with Crippen LogP contribution in [0.2, 0.25) is 0 Å². The third-order valence-electron chi connectivity index (χ3n) is 4.25. The second-order valence-electron chi connectivity index (χ2n) is 6.07. The lowest BCUT2D eigenvalue weighted by atomic mass is 10.1. The molecule has 8 heteroatoms. The summed E-state index contributed by atoms with van der Waals surface area (Å²) >= 11 is 0. The number of carbonyl (C=O) groups is 2. The Balaban J connectivity index is 1.61. The lowest BCUT2D eigenvalue weighted by Gasteiger charge is -2.16. The summed E-state index contributed by atoms with van der Waals surface area (Å²) in [7, 11) is 0. The number of alkyl halides is 2. The van der Waals surface area contributed by atoms with E-state index in [9.17, 15) is 18.4 Å². The highest BCUT2D eigenvalue weighted by Gasteiger charge is 2.21. The molecule has 142 valence electrons. The number of nitrogens with zero attached hydrogens (tertiary/aromatic N) is 1. The fourth-order valence-corrected chi connectivity index (χ4v) is 2.81. The van der Waals surface area contributed by atoms with Crippen LogP contribution in [-0.4, -0.2) is 31.6 Å². The Labute approximate surface area is 155 Å². The molecule has 3 amide bonds. The summed E-state index contributed by atoms with van der Waals surface area (Å²) in [5.74, 6) is -0.207. The molecule has 1 aliphatic rings. The second kappa shape index (κ2) is 8.03.